The summed E-state index contributed by atoms with van der Waals surface area (Å²) in [5.41, 5.74) is 0. The summed E-state index contributed by atoms with van der Waals surface area (Å²) in [5.74, 6) is 0. The lowest BCUT2D eigenvalue weighted by Crippen LogP contribution is -2.44. The molecule has 1 heterocycles. The zero-order valence-corrected chi connectivity index (χ0v) is 15.8. The topological polar surface area (TPSA) is 71.1 Å². The molecule has 0 bridgehead atoms. The molecular weight excluding hydrogens is 312 g/mol. The maximum atomic E-state index is 11.3. The average molecular weight is 341 g/mol. The van der Waals surface area contributed by atoms with Crippen LogP contribution in [0.15, 0.2) is 0 Å². The normalized spacial score (nSPS) is 28.0. The Morgan fingerprint density at radius 2 is 1.86 bits per heavy atom. The standard InChI is InChI=1S/C13H28O6SSi/c1-13(2,3)21(6,7)17-9-11-10(19-20(5,14)15)8-12(16-4)18-11/h10-12H,8-9H2,1-7H3/t10-,11+,12?/m0/s1. The van der Waals surface area contributed by atoms with Gasteiger partial charge in [-0.15, -0.1) is 0 Å². The van der Waals surface area contributed by atoms with Gasteiger partial charge in [-0.1, -0.05) is 20.8 Å². The van der Waals surface area contributed by atoms with Crippen molar-refractivity contribution >= 4 is 18.4 Å². The summed E-state index contributed by atoms with van der Waals surface area (Å²) in [4.78, 5) is 0. The molecule has 0 aliphatic carbocycles. The molecule has 0 radical (unpaired) electrons. The van der Waals surface area contributed by atoms with Gasteiger partial charge in [-0.2, -0.15) is 8.42 Å². The van der Waals surface area contributed by atoms with Gasteiger partial charge in [0.2, 0.25) is 0 Å². The van der Waals surface area contributed by atoms with Crippen molar-refractivity contribution in [1.29, 1.82) is 0 Å². The van der Waals surface area contributed by atoms with Gasteiger partial charge in [-0.3, -0.25) is 4.18 Å². The minimum Gasteiger partial charge on any atom is -0.414 e. The van der Waals surface area contributed by atoms with Crippen molar-refractivity contribution < 1.29 is 26.5 Å². The molecule has 0 aromatic rings. The Kier molecular flexibility index (Phi) is 6.02. The first-order valence-corrected chi connectivity index (χ1v) is 11.8. The van der Waals surface area contributed by atoms with E-state index in [1.165, 1.54) is 7.11 Å². The van der Waals surface area contributed by atoms with Crippen LogP contribution in [0.4, 0.5) is 0 Å². The number of hydrogen-bond donors (Lipinski definition) is 0. The maximum absolute atomic E-state index is 11.3. The van der Waals surface area contributed by atoms with Crippen LogP contribution in [0.5, 0.6) is 0 Å². The van der Waals surface area contributed by atoms with E-state index in [1.54, 1.807) is 0 Å². The van der Waals surface area contributed by atoms with Gasteiger partial charge in [-0.25, -0.2) is 0 Å². The summed E-state index contributed by atoms with van der Waals surface area (Å²) < 4.78 is 44.7. The van der Waals surface area contributed by atoms with Crippen molar-refractivity contribution in [2.75, 3.05) is 20.0 Å². The Balaban J connectivity index is 2.70. The third kappa shape index (κ3) is 5.61. The van der Waals surface area contributed by atoms with Crippen molar-refractivity contribution in [2.24, 2.45) is 0 Å². The third-order valence-corrected chi connectivity index (χ3v) is 9.24. The van der Waals surface area contributed by atoms with Crippen LogP contribution >= 0.6 is 0 Å². The van der Waals surface area contributed by atoms with Crippen LogP contribution < -0.4 is 0 Å². The number of ether oxygens (including phenoxy) is 2. The third-order valence-electron chi connectivity index (χ3n) is 4.14. The van der Waals surface area contributed by atoms with E-state index in [0.29, 0.717) is 13.0 Å². The smallest absolute Gasteiger partial charge is 0.264 e. The Morgan fingerprint density at radius 3 is 2.29 bits per heavy atom. The van der Waals surface area contributed by atoms with E-state index in [9.17, 15) is 8.42 Å². The largest absolute Gasteiger partial charge is 0.414 e. The molecule has 0 spiro atoms. The molecule has 1 fully saturated rings. The summed E-state index contributed by atoms with van der Waals surface area (Å²) in [5, 5.41) is 0.0828. The Bertz CT molecular complexity index is 442. The molecule has 6 nitrogen and oxygen atoms in total. The number of rotatable bonds is 6. The van der Waals surface area contributed by atoms with Gasteiger partial charge in [-0.05, 0) is 18.1 Å². The molecule has 1 aliphatic heterocycles. The number of methoxy groups -OCH3 is 1. The zero-order chi connectivity index (χ0) is 16.5. The first-order valence-electron chi connectivity index (χ1n) is 7.06. The van der Waals surface area contributed by atoms with E-state index in [2.05, 4.69) is 33.9 Å². The molecule has 126 valence electrons. The summed E-state index contributed by atoms with van der Waals surface area (Å²) >= 11 is 0. The first-order chi connectivity index (χ1) is 9.36. The lowest BCUT2D eigenvalue weighted by atomic mass is 10.2. The van der Waals surface area contributed by atoms with E-state index in [-0.39, 0.29) is 5.04 Å². The monoisotopic (exact) mass is 340 g/mol. The lowest BCUT2D eigenvalue weighted by molar-refractivity contribution is -0.125. The molecule has 1 aliphatic rings. The quantitative estimate of drug-likeness (QED) is 0.545. The van der Waals surface area contributed by atoms with Gasteiger partial charge in [0.1, 0.15) is 12.2 Å². The van der Waals surface area contributed by atoms with Crippen LogP contribution in [-0.4, -0.2) is 55.2 Å². The molecule has 1 unspecified atom stereocenters. The summed E-state index contributed by atoms with van der Waals surface area (Å²) in [6, 6.07) is 0. The SMILES string of the molecule is COC1C[C@H](OS(C)(=O)=O)[C@@H](CO[Si](C)(C)C(C)(C)C)O1. The van der Waals surface area contributed by atoms with E-state index < -0.39 is 36.9 Å². The zero-order valence-electron chi connectivity index (χ0n) is 14.0. The number of hydrogen-bond acceptors (Lipinski definition) is 6. The molecule has 0 aromatic heterocycles. The van der Waals surface area contributed by atoms with Crippen LogP contribution in [0.25, 0.3) is 0 Å². The van der Waals surface area contributed by atoms with Gasteiger partial charge in [0, 0.05) is 13.5 Å². The van der Waals surface area contributed by atoms with Gasteiger partial charge in [0.05, 0.1) is 12.9 Å². The molecular formula is C13H28O6SSi. The Labute approximate surface area is 129 Å². The molecule has 0 amide bonds. The van der Waals surface area contributed by atoms with E-state index in [1.807, 2.05) is 0 Å². The van der Waals surface area contributed by atoms with Crippen LogP contribution in [0.1, 0.15) is 27.2 Å². The molecule has 0 aromatic carbocycles. The van der Waals surface area contributed by atoms with Gasteiger partial charge < -0.3 is 13.9 Å². The molecule has 8 heteroatoms. The molecule has 1 rings (SSSR count). The molecule has 1 saturated heterocycles. The fourth-order valence-electron chi connectivity index (χ4n) is 1.81. The van der Waals surface area contributed by atoms with Crippen molar-refractivity contribution in [2.45, 2.75) is 63.8 Å². The van der Waals surface area contributed by atoms with Crippen LogP contribution in [0.2, 0.25) is 18.1 Å². The van der Waals surface area contributed by atoms with Crippen molar-refractivity contribution in [3.63, 3.8) is 0 Å². The average Bonchev–Trinajstić information content (AvgIpc) is 2.65. The maximum Gasteiger partial charge on any atom is 0.264 e. The summed E-state index contributed by atoms with van der Waals surface area (Å²) in [6.07, 6.45) is -0.0214. The molecule has 0 N–H and O–H groups in total. The van der Waals surface area contributed by atoms with E-state index in [0.717, 1.165) is 6.26 Å². The first kappa shape index (κ1) is 19.1. The second-order valence-corrected chi connectivity index (χ2v) is 13.4. The van der Waals surface area contributed by atoms with Gasteiger partial charge in [0.15, 0.2) is 14.6 Å². The highest BCUT2D eigenvalue weighted by molar-refractivity contribution is 7.86. The highest BCUT2D eigenvalue weighted by Crippen LogP contribution is 2.37. The van der Waals surface area contributed by atoms with Crippen molar-refractivity contribution in [3.05, 3.63) is 0 Å². The highest BCUT2D eigenvalue weighted by Gasteiger charge is 2.42. The van der Waals surface area contributed by atoms with Crippen molar-refractivity contribution in [1.82, 2.24) is 0 Å². The van der Waals surface area contributed by atoms with Crippen molar-refractivity contribution in [3.8, 4) is 0 Å². The highest BCUT2D eigenvalue weighted by atomic mass is 32.2. The summed E-state index contributed by atoms with van der Waals surface area (Å²) in [6.45, 7) is 11.0. The molecule has 21 heavy (non-hydrogen) atoms. The van der Waals surface area contributed by atoms with E-state index >= 15 is 0 Å². The fourth-order valence-corrected chi connectivity index (χ4v) is 3.48. The predicted octanol–water partition coefficient (Wildman–Crippen LogP) is 2.11. The van der Waals surface area contributed by atoms with Gasteiger partial charge >= 0.3 is 0 Å². The Morgan fingerprint density at radius 1 is 1.29 bits per heavy atom. The van der Waals surface area contributed by atoms with E-state index in [4.69, 9.17) is 18.1 Å². The summed E-state index contributed by atoms with van der Waals surface area (Å²) in [7, 11) is -3.93. The fraction of sp³-hybridized carbons (Fsp3) is 1.00. The predicted molar refractivity (Wildman–Crippen MR) is 83.2 cm³/mol. The second-order valence-electron chi connectivity index (χ2n) is 6.99. The van der Waals surface area contributed by atoms with Crippen LogP contribution in [0.3, 0.4) is 0 Å². The van der Waals surface area contributed by atoms with Crippen LogP contribution in [-0.2, 0) is 28.2 Å². The second kappa shape index (κ2) is 6.63. The minimum atomic E-state index is -3.53. The van der Waals surface area contributed by atoms with Crippen LogP contribution in [0, 0.1) is 0 Å². The minimum absolute atomic E-state index is 0.0828. The lowest BCUT2D eigenvalue weighted by Gasteiger charge is -2.37. The van der Waals surface area contributed by atoms with Gasteiger partial charge in [0.25, 0.3) is 10.1 Å². The molecule has 0 saturated carbocycles. The molecule has 3 atom stereocenters. The Hall–Kier alpha value is 0.00688.